The fourth-order valence-corrected chi connectivity index (χ4v) is 4.64. The van der Waals surface area contributed by atoms with Gasteiger partial charge in [0.05, 0.1) is 6.33 Å². The van der Waals surface area contributed by atoms with Gasteiger partial charge in [0.2, 0.25) is 0 Å². The number of nitrogens with one attached hydrogen (secondary N) is 2. The van der Waals surface area contributed by atoms with E-state index in [1.165, 1.54) is 26.9 Å². The lowest BCUT2D eigenvalue weighted by atomic mass is 9.96. The van der Waals surface area contributed by atoms with E-state index in [1.54, 1.807) is 6.20 Å². The zero-order chi connectivity index (χ0) is 19.5. The highest BCUT2D eigenvalue weighted by Crippen LogP contribution is 2.32. The van der Waals surface area contributed by atoms with Gasteiger partial charge in [0.25, 0.3) is 0 Å². The average Bonchev–Trinajstić information content (AvgIpc) is 3.54. The van der Waals surface area contributed by atoms with E-state index in [9.17, 15) is 0 Å². The number of fused-ring (bicyclic) bond motifs is 1. The number of aromatic nitrogens is 3. The maximum Gasteiger partial charge on any atom is 0.0991 e. The summed E-state index contributed by atoms with van der Waals surface area (Å²) in [5.41, 5.74) is 4.95. The Bertz CT molecular complexity index is 1170. The molecule has 0 unspecified atom stereocenters. The second kappa shape index (κ2) is 8.07. The molecule has 5 heteroatoms. The monoisotopic (exact) mass is 398 g/mol. The number of rotatable bonds is 7. The Morgan fingerprint density at radius 1 is 1.03 bits per heavy atom. The van der Waals surface area contributed by atoms with E-state index in [0.29, 0.717) is 5.92 Å². The summed E-state index contributed by atoms with van der Waals surface area (Å²) in [6, 6.07) is 21.5. The largest absolute Gasteiger partial charge is 0.361 e. The van der Waals surface area contributed by atoms with E-state index in [1.807, 2.05) is 28.4 Å². The molecule has 0 bridgehead atoms. The van der Waals surface area contributed by atoms with E-state index < -0.39 is 0 Å². The van der Waals surface area contributed by atoms with Crippen LogP contribution in [0, 0.1) is 0 Å². The molecular weight excluding hydrogens is 376 g/mol. The van der Waals surface area contributed by atoms with Crippen molar-refractivity contribution in [1.82, 2.24) is 19.9 Å². The van der Waals surface area contributed by atoms with Crippen LogP contribution >= 0.6 is 11.3 Å². The Labute approximate surface area is 173 Å². The molecule has 0 amide bonds. The molecule has 5 rings (SSSR count). The Morgan fingerprint density at radius 2 is 1.93 bits per heavy atom. The van der Waals surface area contributed by atoms with Crippen molar-refractivity contribution in [2.75, 3.05) is 6.54 Å². The summed E-state index contributed by atoms with van der Waals surface area (Å²) >= 11 is 1.82. The van der Waals surface area contributed by atoms with Crippen LogP contribution < -0.4 is 5.32 Å². The van der Waals surface area contributed by atoms with Crippen LogP contribution in [0.25, 0.3) is 16.6 Å². The number of nitrogens with zero attached hydrogens (tertiary/aromatic N) is 2. The molecule has 0 saturated heterocycles. The lowest BCUT2D eigenvalue weighted by Crippen LogP contribution is -2.21. The van der Waals surface area contributed by atoms with Gasteiger partial charge in [0.1, 0.15) is 0 Å². The van der Waals surface area contributed by atoms with E-state index in [-0.39, 0.29) is 0 Å². The number of H-pyrrole nitrogens is 1. The summed E-state index contributed by atoms with van der Waals surface area (Å²) in [6.07, 6.45) is 7.74. The molecule has 144 valence electrons. The molecule has 0 aliphatic rings. The number of imidazole rings is 1. The lowest BCUT2D eigenvalue weighted by molar-refractivity contribution is 0.643. The quantitative estimate of drug-likeness (QED) is 0.389. The van der Waals surface area contributed by atoms with E-state index in [0.717, 1.165) is 18.8 Å². The highest BCUT2D eigenvalue weighted by Gasteiger charge is 2.18. The number of thiophene rings is 1. The van der Waals surface area contributed by atoms with Gasteiger partial charge in [-0.1, -0.05) is 36.4 Å². The summed E-state index contributed by atoms with van der Waals surface area (Å²) in [7, 11) is 0. The molecule has 2 N–H and O–H groups in total. The number of para-hydroxylation sites is 1. The second-order valence-corrected chi connectivity index (χ2v) is 8.10. The summed E-state index contributed by atoms with van der Waals surface area (Å²) in [5, 5.41) is 7.13. The highest BCUT2D eigenvalue weighted by molar-refractivity contribution is 7.10. The van der Waals surface area contributed by atoms with E-state index in [4.69, 9.17) is 0 Å². The van der Waals surface area contributed by atoms with E-state index >= 15 is 0 Å². The van der Waals surface area contributed by atoms with Gasteiger partial charge in [0, 0.05) is 59.1 Å². The molecule has 5 aromatic rings. The lowest BCUT2D eigenvalue weighted by Gasteiger charge is -2.16. The second-order valence-electron chi connectivity index (χ2n) is 7.12. The Morgan fingerprint density at radius 3 is 2.72 bits per heavy atom. The van der Waals surface area contributed by atoms with Crippen LogP contribution in [0.3, 0.4) is 0 Å². The Hall–Kier alpha value is -3.15. The van der Waals surface area contributed by atoms with Crippen molar-refractivity contribution in [3.63, 3.8) is 0 Å². The molecule has 0 fully saturated rings. The summed E-state index contributed by atoms with van der Waals surface area (Å²) in [5.74, 6) is 0.330. The first-order valence-electron chi connectivity index (χ1n) is 9.76. The number of aromatic amines is 1. The molecule has 3 aromatic heterocycles. The molecular formula is C24H22N4S. The summed E-state index contributed by atoms with van der Waals surface area (Å²) in [6.45, 7) is 1.74. The van der Waals surface area contributed by atoms with Gasteiger partial charge in [-0.15, -0.1) is 11.3 Å². The molecule has 0 aliphatic heterocycles. The van der Waals surface area contributed by atoms with Crippen molar-refractivity contribution >= 4 is 22.2 Å². The fourth-order valence-electron chi connectivity index (χ4n) is 3.79. The number of hydrogen-bond acceptors (Lipinski definition) is 3. The Balaban J connectivity index is 1.31. The molecule has 3 heterocycles. The van der Waals surface area contributed by atoms with Crippen molar-refractivity contribution < 1.29 is 0 Å². The normalized spacial score (nSPS) is 12.4. The molecule has 0 radical (unpaired) electrons. The Kier molecular flexibility index (Phi) is 4.99. The third kappa shape index (κ3) is 3.75. The van der Waals surface area contributed by atoms with Gasteiger partial charge in [-0.05, 0) is 40.8 Å². The van der Waals surface area contributed by atoms with Crippen LogP contribution in [-0.4, -0.2) is 21.1 Å². The third-order valence-corrected chi connectivity index (χ3v) is 6.29. The molecule has 0 spiro atoms. The first kappa shape index (κ1) is 17.9. The van der Waals surface area contributed by atoms with Crippen LogP contribution in [0.4, 0.5) is 0 Å². The van der Waals surface area contributed by atoms with Crippen molar-refractivity contribution in [2.45, 2.75) is 12.5 Å². The zero-order valence-electron chi connectivity index (χ0n) is 16.0. The average molecular weight is 399 g/mol. The maximum absolute atomic E-state index is 4.11. The minimum Gasteiger partial charge on any atom is -0.361 e. The number of hydrogen-bond donors (Lipinski definition) is 2. The van der Waals surface area contributed by atoms with Gasteiger partial charge in [-0.2, -0.15) is 0 Å². The minimum atomic E-state index is 0.330. The topological polar surface area (TPSA) is 45.6 Å². The SMILES string of the molecule is c1csc([C@@H](CNCc2ccc(-n3ccnc3)cc2)c2c[nH]c3ccccc23)c1. The maximum atomic E-state index is 4.11. The van der Waals surface area contributed by atoms with Crippen molar-refractivity contribution in [3.8, 4) is 5.69 Å². The predicted octanol–water partition coefficient (Wildman–Crippen LogP) is 5.34. The first-order chi connectivity index (χ1) is 14.4. The predicted molar refractivity (Wildman–Crippen MR) is 120 cm³/mol. The standard InChI is InChI=1S/C24H22N4S/c1-2-5-23-20(4-1)21(16-27-23)22(24-6-3-13-29-24)15-26-14-18-7-9-19(10-8-18)28-12-11-25-17-28/h1-13,16-17,22,26-27H,14-15H2/t22-/m0/s1. The smallest absolute Gasteiger partial charge is 0.0991 e. The van der Waals surface area contributed by atoms with E-state index in [2.05, 4.69) is 87.5 Å². The van der Waals surface area contributed by atoms with Gasteiger partial charge in [-0.3, -0.25) is 0 Å². The molecule has 0 aliphatic carbocycles. The first-order valence-corrected chi connectivity index (χ1v) is 10.6. The van der Waals surface area contributed by atoms with Crippen LogP contribution in [-0.2, 0) is 6.54 Å². The molecule has 2 aromatic carbocycles. The van der Waals surface area contributed by atoms with Crippen molar-refractivity contribution in [2.24, 2.45) is 0 Å². The number of benzene rings is 2. The van der Waals surface area contributed by atoms with Crippen LogP contribution in [0.2, 0.25) is 0 Å². The molecule has 1 atom stereocenters. The van der Waals surface area contributed by atoms with Crippen molar-refractivity contribution in [3.05, 3.63) is 107 Å². The molecule has 4 nitrogen and oxygen atoms in total. The van der Waals surface area contributed by atoms with Gasteiger partial charge >= 0.3 is 0 Å². The van der Waals surface area contributed by atoms with Crippen molar-refractivity contribution in [1.29, 1.82) is 0 Å². The van der Waals surface area contributed by atoms with Crippen LogP contribution in [0.1, 0.15) is 21.9 Å². The minimum absolute atomic E-state index is 0.330. The molecule has 0 saturated carbocycles. The molecule has 29 heavy (non-hydrogen) atoms. The zero-order valence-corrected chi connectivity index (χ0v) is 16.8. The third-order valence-electron chi connectivity index (χ3n) is 5.30. The van der Waals surface area contributed by atoms with Gasteiger partial charge in [0.15, 0.2) is 0 Å². The summed E-state index contributed by atoms with van der Waals surface area (Å²) in [4.78, 5) is 8.92. The summed E-state index contributed by atoms with van der Waals surface area (Å²) < 4.78 is 2.01. The van der Waals surface area contributed by atoms with Crippen LogP contribution in [0.5, 0.6) is 0 Å². The van der Waals surface area contributed by atoms with Gasteiger partial charge < -0.3 is 14.9 Å². The fraction of sp³-hybridized carbons (Fsp3) is 0.125. The van der Waals surface area contributed by atoms with Crippen LogP contribution in [0.15, 0.2) is 91.0 Å². The highest BCUT2D eigenvalue weighted by atomic mass is 32.1. The van der Waals surface area contributed by atoms with Gasteiger partial charge in [-0.25, -0.2) is 4.98 Å².